The maximum absolute atomic E-state index is 12.2. The van der Waals surface area contributed by atoms with Crippen LogP contribution in [0.2, 0.25) is 0 Å². The number of amides is 1. The Balaban J connectivity index is 1.70. The van der Waals surface area contributed by atoms with Gasteiger partial charge in [0.25, 0.3) is 5.91 Å². The van der Waals surface area contributed by atoms with Gasteiger partial charge in [-0.2, -0.15) is 0 Å². The molecule has 3 N–H and O–H groups in total. The molecule has 1 amide bonds. The predicted molar refractivity (Wildman–Crippen MR) is 70.5 cm³/mol. The standard InChI is InChI=1S/C14H18N2O3/c1-19-9-3-4-10(13(17)7-9)14(18)16-12-6-8-2-5-11(12)15-8/h3-4,7-8,11-12,15,17H,2,5-6H2,1H3,(H,16,18)/t8-,11+,12+/m1/s1. The lowest BCUT2D eigenvalue weighted by molar-refractivity contribution is 0.0928. The number of phenolic OH excluding ortho intramolecular Hbond substituents is 1. The van der Waals surface area contributed by atoms with E-state index in [1.54, 1.807) is 12.1 Å². The molecule has 0 aromatic heterocycles. The molecule has 0 radical (unpaired) electrons. The van der Waals surface area contributed by atoms with E-state index in [1.807, 2.05) is 0 Å². The van der Waals surface area contributed by atoms with Gasteiger partial charge in [0, 0.05) is 24.2 Å². The molecule has 0 unspecified atom stereocenters. The monoisotopic (exact) mass is 262 g/mol. The minimum Gasteiger partial charge on any atom is -0.507 e. The van der Waals surface area contributed by atoms with Crippen molar-refractivity contribution in [2.24, 2.45) is 0 Å². The topological polar surface area (TPSA) is 70.6 Å². The number of nitrogens with one attached hydrogen (secondary N) is 2. The fourth-order valence-electron chi connectivity index (χ4n) is 3.06. The average molecular weight is 262 g/mol. The third kappa shape index (κ3) is 2.26. The van der Waals surface area contributed by atoms with Crippen molar-refractivity contribution in [3.63, 3.8) is 0 Å². The molecule has 3 rings (SSSR count). The van der Waals surface area contributed by atoms with Crippen LogP contribution in [0.25, 0.3) is 0 Å². The largest absolute Gasteiger partial charge is 0.507 e. The fraction of sp³-hybridized carbons (Fsp3) is 0.500. The van der Waals surface area contributed by atoms with E-state index in [4.69, 9.17) is 4.74 Å². The van der Waals surface area contributed by atoms with Crippen LogP contribution in [0.15, 0.2) is 18.2 Å². The summed E-state index contributed by atoms with van der Waals surface area (Å²) >= 11 is 0. The smallest absolute Gasteiger partial charge is 0.255 e. The number of ether oxygens (including phenoxy) is 1. The Bertz CT molecular complexity index is 503. The first-order chi connectivity index (χ1) is 9.17. The van der Waals surface area contributed by atoms with Gasteiger partial charge in [0.15, 0.2) is 0 Å². The van der Waals surface area contributed by atoms with Crippen molar-refractivity contribution in [1.29, 1.82) is 0 Å². The highest BCUT2D eigenvalue weighted by molar-refractivity contribution is 5.97. The molecule has 2 bridgehead atoms. The van der Waals surface area contributed by atoms with Gasteiger partial charge in [-0.05, 0) is 31.4 Å². The molecule has 0 saturated carbocycles. The van der Waals surface area contributed by atoms with Gasteiger partial charge in [-0.1, -0.05) is 0 Å². The minimum absolute atomic E-state index is 0.0482. The van der Waals surface area contributed by atoms with E-state index in [1.165, 1.54) is 19.6 Å². The number of phenols is 1. The summed E-state index contributed by atoms with van der Waals surface area (Å²) in [7, 11) is 1.52. The molecular weight excluding hydrogens is 244 g/mol. The zero-order valence-corrected chi connectivity index (χ0v) is 10.8. The number of carbonyl (C=O) groups excluding carboxylic acids is 1. The van der Waals surface area contributed by atoms with Gasteiger partial charge in [-0.3, -0.25) is 4.79 Å². The van der Waals surface area contributed by atoms with Crippen LogP contribution < -0.4 is 15.4 Å². The lowest BCUT2D eigenvalue weighted by atomic mass is 9.95. The van der Waals surface area contributed by atoms with Crippen molar-refractivity contribution in [3.8, 4) is 11.5 Å². The SMILES string of the molecule is COc1ccc(C(=O)N[C@H]2C[C@H]3CC[C@@H]2N3)c(O)c1. The van der Waals surface area contributed by atoms with E-state index in [0.717, 1.165) is 12.8 Å². The molecule has 2 fully saturated rings. The van der Waals surface area contributed by atoms with Crippen molar-refractivity contribution in [2.75, 3.05) is 7.11 Å². The van der Waals surface area contributed by atoms with E-state index in [-0.39, 0.29) is 17.7 Å². The molecule has 1 aromatic carbocycles. The van der Waals surface area contributed by atoms with Gasteiger partial charge in [-0.15, -0.1) is 0 Å². The Morgan fingerprint density at radius 1 is 1.47 bits per heavy atom. The first-order valence-corrected chi connectivity index (χ1v) is 6.61. The molecule has 3 atom stereocenters. The van der Waals surface area contributed by atoms with Gasteiger partial charge < -0.3 is 20.5 Å². The minimum atomic E-state index is -0.223. The van der Waals surface area contributed by atoms with E-state index in [0.29, 0.717) is 23.4 Å². The summed E-state index contributed by atoms with van der Waals surface area (Å²) in [5.74, 6) is 0.267. The second kappa shape index (κ2) is 4.74. The van der Waals surface area contributed by atoms with Crippen LogP contribution in [-0.4, -0.2) is 36.2 Å². The lowest BCUT2D eigenvalue weighted by Crippen LogP contribution is -2.42. The van der Waals surface area contributed by atoms with Crippen LogP contribution in [-0.2, 0) is 0 Å². The zero-order chi connectivity index (χ0) is 13.4. The second-order valence-electron chi connectivity index (χ2n) is 5.25. The highest BCUT2D eigenvalue weighted by Gasteiger charge is 2.39. The van der Waals surface area contributed by atoms with Crippen molar-refractivity contribution in [2.45, 2.75) is 37.4 Å². The molecule has 2 heterocycles. The number of hydrogen-bond donors (Lipinski definition) is 3. The molecule has 0 aliphatic carbocycles. The normalized spacial score (nSPS) is 28.4. The molecule has 5 nitrogen and oxygen atoms in total. The predicted octanol–water partition coefficient (Wildman–Crippen LogP) is 1.02. The van der Waals surface area contributed by atoms with Crippen molar-refractivity contribution >= 4 is 5.91 Å². The Morgan fingerprint density at radius 3 is 2.89 bits per heavy atom. The molecule has 2 aliphatic heterocycles. The van der Waals surface area contributed by atoms with Crippen LogP contribution in [0.5, 0.6) is 11.5 Å². The van der Waals surface area contributed by atoms with E-state index in [2.05, 4.69) is 10.6 Å². The van der Waals surface area contributed by atoms with Gasteiger partial charge in [0.1, 0.15) is 11.5 Å². The molecule has 2 saturated heterocycles. The zero-order valence-electron chi connectivity index (χ0n) is 10.8. The number of aromatic hydroxyl groups is 1. The summed E-state index contributed by atoms with van der Waals surface area (Å²) < 4.78 is 5.00. The number of carbonyl (C=O) groups is 1. The van der Waals surface area contributed by atoms with Gasteiger partial charge in [-0.25, -0.2) is 0 Å². The molecule has 102 valence electrons. The first kappa shape index (κ1) is 12.3. The number of methoxy groups -OCH3 is 1. The Labute approximate surface area is 112 Å². The van der Waals surface area contributed by atoms with Crippen molar-refractivity contribution in [1.82, 2.24) is 10.6 Å². The number of fused-ring (bicyclic) bond motifs is 2. The number of benzene rings is 1. The van der Waals surface area contributed by atoms with Gasteiger partial charge >= 0.3 is 0 Å². The van der Waals surface area contributed by atoms with Gasteiger partial charge in [0.2, 0.25) is 0 Å². The number of hydrogen-bond acceptors (Lipinski definition) is 4. The third-order valence-electron chi connectivity index (χ3n) is 4.07. The first-order valence-electron chi connectivity index (χ1n) is 6.61. The fourth-order valence-corrected chi connectivity index (χ4v) is 3.06. The lowest BCUT2D eigenvalue weighted by Gasteiger charge is -2.21. The van der Waals surface area contributed by atoms with E-state index >= 15 is 0 Å². The molecule has 1 aromatic rings. The summed E-state index contributed by atoms with van der Waals surface area (Å²) in [6.45, 7) is 0. The van der Waals surface area contributed by atoms with Crippen LogP contribution in [0.3, 0.4) is 0 Å². The van der Waals surface area contributed by atoms with E-state index < -0.39 is 0 Å². The quantitative estimate of drug-likeness (QED) is 0.760. The third-order valence-corrected chi connectivity index (χ3v) is 4.07. The summed E-state index contributed by atoms with van der Waals surface area (Å²) in [4.78, 5) is 12.2. The molecule has 0 spiro atoms. The van der Waals surface area contributed by atoms with Crippen LogP contribution >= 0.6 is 0 Å². The Kier molecular flexibility index (Phi) is 3.06. The van der Waals surface area contributed by atoms with Crippen molar-refractivity contribution < 1.29 is 14.6 Å². The maximum atomic E-state index is 12.2. The highest BCUT2D eigenvalue weighted by atomic mass is 16.5. The summed E-state index contributed by atoms with van der Waals surface area (Å²) in [6, 6.07) is 5.81. The summed E-state index contributed by atoms with van der Waals surface area (Å²) in [6.07, 6.45) is 3.29. The van der Waals surface area contributed by atoms with Crippen molar-refractivity contribution in [3.05, 3.63) is 23.8 Å². The average Bonchev–Trinajstić information content (AvgIpc) is 3.00. The Hall–Kier alpha value is -1.75. The maximum Gasteiger partial charge on any atom is 0.255 e. The van der Waals surface area contributed by atoms with Crippen LogP contribution in [0, 0.1) is 0 Å². The molecular formula is C14H18N2O3. The highest BCUT2D eigenvalue weighted by Crippen LogP contribution is 2.29. The van der Waals surface area contributed by atoms with Crippen LogP contribution in [0.1, 0.15) is 29.6 Å². The summed E-state index contributed by atoms with van der Waals surface area (Å²) in [5, 5.41) is 16.3. The summed E-state index contributed by atoms with van der Waals surface area (Å²) in [5.41, 5.74) is 0.295. The Morgan fingerprint density at radius 2 is 2.32 bits per heavy atom. The number of rotatable bonds is 3. The second-order valence-corrected chi connectivity index (χ2v) is 5.25. The molecule has 5 heteroatoms. The van der Waals surface area contributed by atoms with Gasteiger partial charge in [0.05, 0.1) is 12.7 Å². The molecule has 19 heavy (non-hydrogen) atoms. The molecule has 2 aliphatic rings. The van der Waals surface area contributed by atoms with E-state index in [9.17, 15) is 9.90 Å². The van der Waals surface area contributed by atoms with Crippen LogP contribution in [0.4, 0.5) is 0 Å².